The molecule has 0 bridgehead atoms. The first-order valence-corrected chi connectivity index (χ1v) is 10.3. The van der Waals surface area contributed by atoms with Gasteiger partial charge in [-0.15, -0.1) is 0 Å². The normalized spacial score (nSPS) is 24.1. The predicted molar refractivity (Wildman–Crippen MR) is 109 cm³/mol. The number of hydrogen-bond acceptors (Lipinski definition) is 5. The monoisotopic (exact) mass is 401 g/mol. The largest absolute Gasteiger partial charge is 0.497 e. The van der Waals surface area contributed by atoms with Gasteiger partial charge >= 0.3 is 0 Å². The fraction of sp³-hybridized carbons (Fsp3) is 0.636. The number of morpholine rings is 1. The molecule has 7 nitrogen and oxygen atoms in total. The van der Waals surface area contributed by atoms with E-state index in [4.69, 9.17) is 9.47 Å². The molecule has 1 aromatic rings. The second-order valence-corrected chi connectivity index (χ2v) is 9.47. The van der Waals surface area contributed by atoms with Crippen LogP contribution in [0.1, 0.15) is 31.1 Å². The van der Waals surface area contributed by atoms with Crippen molar-refractivity contribution in [2.75, 3.05) is 53.0 Å². The minimum absolute atomic E-state index is 0.0258. The number of carbonyl (C=O) groups is 2. The fourth-order valence-corrected chi connectivity index (χ4v) is 4.83. The Kier molecular flexibility index (Phi) is 5.07. The zero-order chi connectivity index (χ0) is 20.8. The number of hydrogen-bond donors (Lipinski definition) is 0. The van der Waals surface area contributed by atoms with E-state index in [1.54, 1.807) is 7.11 Å². The van der Waals surface area contributed by atoms with E-state index in [2.05, 4.69) is 4.90 Å². The van der Waals surface area contributed by atoms with E-state index in [0.717, 1.165) is 12.3 Å². The van der Waals surface area contributed by atoms with Gasteiger partial charge in [-0.1, -0.05) is 20.8 Å². The number of nitrogens with zero attached hydrogens (tertiary/aromatic N) is 3. The van der Waals surface area contributed by atoms with Gasteiger partial charge in [-0.2, -0.15) is 0 Å². The zero-order valence-electron chi connectivity index (χ0n) is 17.8. The molecule has 3 saturated heterocycles. The van der Waals surface area contributed by atoms with E-state index < -0.39 is 0 Å². The van der Waals surface area contributed by atoms with Crippen molar-refractivity contribution in [2.45, 2.75) is 32.4 Å². The summed E-state index contributed by atoms with van der Waals surface area (Å²) in [6.07, 6.45) is 0. The second kappa shape index (κ2) is 7.29. The Morgan fingerprint density at radius 1 is 1.10 bits per heavy atom. The van der Waals surface area contributed by atoms with Crippen LogP contribution in [0.2, 0.25) is 0 Å². The highest BCUT2D eigenvalue weighted by Crippen LogP contribution is 2.38. The van der Waals surface area contributed by atoms with Crippen molar-refractivity contribution in [3.8, 4) is 5.75 Å². The number of fused-ring (bicyclic) bond motifs is 2. The van der Waals surface area contributed by atoms with Crippen LogP contribution in [0, 0.1) is 5.41 Å². The lowest BCUT2D eigenvalue weighted by Gasteiger charge is -2.63. The maximum atomic E-state index is 13.2. The zero-order valence-corrected chi connectivity index (χ0v) is 17.8. The van der Waals surface area contributed by atoms with Gasteiger partial charge in [0, 0.05) is 43.7 Å². The van der Waals surface area contributed by atoms with Crippen molar-refractivity contribution in [1.29, 1.82) is 0 Å². The molecule has 3 aliphatic heterocycles. The lowest BCUT2D eigenvalue weighted by atomic mass is 9.80. The van der Waals surface area contributed by atoms with E-state index in [1.807, 2.05) is 54.8 Å². The van der Waals surface area contributed by atoms with Crippen molar-refractivity contribution < 1.29 is 19.1 Å². The molecule has 1 aromatic carbocycles. The lowest BCUT2D eigenvalue weighted by molar-refractivity contribution is -0.178. The summed E-state index contributed by atoms with van der Waals surface area (Å²) in [5.41, 5.74) is 0.0998. The average molecular weight is 402 g/mol. The van der Waals surface area contributed by atoms with Crippen LogP contribution in [0.25, 0.3) is 0 Å². The van der Waals surface area contributed by atoms with E-state index in [1.165, 1.54) is 0 Å². The summed E-state index contributed by atoms with van der Waals surface area (Å²) in [5, 5.41) is 0. The quantitative estimate of drug-likeness (QED) is 0.751. The molecule has 158 valence electrons. The fourth-order valence-electron chi connectivity index (χ4n) is 4.83. The van der Waals surface area contributed by atoms with Gasteiger partial charge in [-0.05, 0) is 24.3 Å². The van der Waals surface area contributed by atoms with Crippen molar-refractivity contribution in [3.63, 3.8) is 0 Å². The van der Waals surface area contributed by atoms with Crippen molar-refractivity contribution in [2.24, 2.45) is 5.41 Å². The van der Waals surface area contributed by atoms with E-state index >= 15 is 0 Å². The van der Waals surface area contributed by atoms with Gasteiger partial charge in [0.15, 0.2) is 0 Å². The van der Waals surface area contributed by atoms with E-state index in [9.17, 15) is 9.59 Å². The first-order valence-electron chi connectivity index (χ1n) is 10.3. The van der Waals surface area contributed by atoms with Gasteiger partial charge < -0.3 is 19.3 Å². The first-order chi connectivity index (χ1) is 13.7. The van der Waals surface area contributed by atoms with Crippen LogP contribution in [0.3, 0.4) is 0 Å². The van der Waals surface area contributed by atoms with Gasteiger partial charge in [0.25, 0.3) is 5.91 Å². The Morgan fingerprint density at radius 2 is 1.76 bits per heavy atom. The molecule has 3 fully saturated rings. The smallest absolute Gasteiger partial charge is 0.253 e. The summed E-state index contributed by atoms with van der Waals surface area (Å²) >= 11 is 0. The van der Waals surface area contributed by atoms with Crippen molar-refractivity contribution >= 4 is 11.8 Å². The topological polar surface area (TPSA) is 62.3 Å². The van der Waals surface area contributed by atoms with Crippen LogP contribution in [-0.4, -0.2) is 91.1 Å². The number of methoxy groups -OCH3 is 1. The summed E-state index contributed by atoms with van der Waals surface area (Å²) < 4.78 is 10.9. The third-order valence-corrected chi connectivity index (χ3v) is 6.28. The number of rotatable bonds is 2. The molecule has 0 radical (unpaired) electrons. The minimum Gasteiger partial charge on any atom is -0.497 e. The van der Waals surface area contributed by atoms with Gasteiger partial charge in [-0.3, -0.25) is 14.5 Å². The van der Waals surface area contributed by atoms with Crippen LogP contribution < -0.4 is 4.74 Å². The molecule has 3 heterocycles. The Labute approximate surface area is 172 Å². The molecular formula is C22H31N3O4. The standard InChI is InChI=1S/C22H31N3O4/c1-21(2,3)20(27)24-14-22(15-24)13-23(11-17-12-29-10-9-25(17)22)19(26)16-5-7-18(28-4)8-6-16/h5-8,17H,9-15H2,1-4H3. The Balaban J connectivity index is 1.54. The molecule has 7 heteroatoms. The highest BCUT2D eigenvalue weighted by atomic mass is 16.5. The number of likely N-dealkylation sites (tertiary alicyclic amines) is 1. The Bertz CT molecular complexity index is 780. The van der Waals surface area contributed by atoms with E-state index in [0.29, 0.717) is 45.0 Å². The lowest BCUT2D eigenvalue weighted by Crippen LogP contribution is -2.81. The molecule has 0 N–H and O–H groups in total. The van der Waals surface area contributed by atoms with Crippen LogP contribution in [0.15, 0.2) is 24.3 Å². The number of benzene rings is 1. The molecule has 0 saturated carbocycles. The highest BCUT2D eigenvalue weighted by Gasteiger charge is 2.56. The Morgan fingerprint density at radius 3 is 2.38 bits per heavy atom. The average Bonchev–Trinajstić information content (AvgIpc) is 2.69. The molecule has 1 spiro atoms. The van der Waals surface area contributed by atoms with E-state index in [-0.39, 0.29) is 28.8 Å². The highest BCUT2D eigenvalue weighted by molar-refractivity contribution is 5.94. The molecule has 3 aliphatic rings. The predicted octanol–water partition coefficient (Wildman–Crippen LogP) is 1.48. The molecule has 1 atom stereocenters. The molecule has 2 amide bonds. The first kappa shape index (κ1) is 20.2. The van der Waals surface area contributed by atoms with Crippen LogP contribution in [-0.2, 0) is 9.53 Å². The minimum atomic E-state index is -0.390. The van der Waals surface area contributed by atoms with Crippen molar-refractivity contribution in [1.82, 2.24) is 14.7 Å². The van der Waals surface area contributed by atoms with Crippen molar-refractivity contribution in [3.05, 3.63) is 29.8 Å². The van der Waals surface area contributed by atoms with Gasteiger partial charge in [-0.25, -0.2) is 0 Å². The Hall–Kier alpha value is -2.12. The number of carbonyl (C=O) groups excluding carboxylic acids is 2. The SMILES string of the molecule is COc1ccc(C(=O)N2CC3COCCN3C3(C2)CN(C(=O)C(C)(C)C)C3)cc1. The molecule has 0 aromatic heterocycles. The van der Waals surface area contributed by atoms with Gasteiger partial charge in [0.1, 0.15) is 5.75 Å². The molecule has 29 heavy (non-hydrogen) atoms. The number of ether oxygens (including phenoxy) is 2. The third-order valence-electron chi connectivity index (χ3n) is 6.28. The van der Waals surface area contributed by atoms with Crippen LogP contribution >= 0.6 is 0 Å². The molecule has 0 aliphatic carbocycles. The second-order valence-electron chi connectivity index (χ2n) is 9.47. The molecular weight excluding hydrogens is 370 g/mol. The molecule has 4 rings (SSSR count). The number of piperazine rings is 1. The maximum absolute atomic E-state index is 13.2. The maximum Gasteiger partial charge on any atom is 0.253 e. The van der Waals surface area contributed by atoms with Gasteiger partial charge in [0.2, 0.25) is 5.91 Å². The van der Waals surface area contributed by atoms with Gasteiger partial charge in [0.05, 0.1) is 31.9 Å². The van der Waals surface area contributed by atoms with Crippen LogP contribution in [0.5, 0.6) is 5.75 Å². The number of amides is 2. The summed E-state index contributed by atoms with van der Waals surface area (Å²) in [5.74, 6) is 0.934. The van der Waals surface area contributed by atoms with Crippen LogP contribution in [0.4, 0.5) is 0 Å². The summed E-state index contributed by atoms with van der Waals surface area (Å²) in [6.45, 7) is 10.7. The summed E-state index contributed by atoms with van der Waals surface area (Å²) in [4.78, 5) is 32.3. The summed E-state index contributed by atoms with van der Waals surface area (Å²) in [6, 6.07) is 7.43. The third kappa shape index (κ3) is 3.62. The summed E-state index contributed by atoms with van der Waals surface area (Å²) in [7, 11) is 1.62. The molecule has 1 unspecified atom stereocenters.